The normalized spacial score (nSPS) is 11.2. The van der Waals surface area contributed by atoms with Crippen molar-refractivity contribution < 1.29 is 17.9 Å². The Balaban J connectivity index is 1.69. The average molecular weight is 473 g/mol. The van der Waals surface area contributed by atoms with Crippen LogP contribution < -0.4 is 10.1 Å². The maximum absolute atomic E-state index is 12.8. The van der Waals surface area contributed by atoms with Crippen LogP contribution in [0.2, 0.25) is 0 Å². The summed E-state index contributed by atoms with van der Waals surface area (Å²) in [4.78, 5) is 12.5. The molecule has 10 heteroatoms. The quantitative estimate of drug-likeness (QED) is 0.356. The zero-order valence-electron chi connectivity index (χ0n) is 17.8. The SMILES string of the molecule is C=CCn1c(CS(=O)(=O)c2ccc(C)cc2)nnc1SCC(=O)Nc1ccc(OC)cc1. The van der Waals surface area contributed by atoms with Crippen molar-refractivity contribution in [2.75, 3.05) is 18.2 Å². The molecule has 0 aliphatic heterocycles. The summed E-state index contributed by atoms with van der Waals surface area (Å²) >= 11 is 1.18. The molecule has 1 N–H and O–H groups in total. The number of nitrogens with zero attached hydrogens (tertiary/aromatic N) is 3. The van der Waals surface area contributed by atoms with Crippen LogP contribution in [0.4, 0.5) is 5.69 Å². The summed E-state index contributed by atoms with van der Waals surface area (Å²) in [7, 11) is -2.02. The van der Waals surface area contributed by atoms with Crippen molar-refractivity contribution in [2.24, 2.45) is 0 Å². The van der Waals surface area contributed by atoms with Gasteiger partial charge in [-0.2, -0.15) is 0 Å². The predicted molar refractivity (Wildman–Crippen MR) is 125 cm³/mol. The molecule has 0 radical (unpaired) electrons. The number of rotatable bonds is 10. The molecule has 3 rings (SSSR count). The van der Waals surface area contributed by atoms with Crippen LogP contribution in [0.15, 0.2) is 71.2 Å². The Kier molecular flexibility index (Phi) is 7.70. The van der Waals surface area contributed by atoms with E-state index >= 15 is 0 Å². The van der Waals surface area contributed by atoms with Crippen LogP contribution in [-0.4, -0.2) is 42.0 Å². The van der Waals surface area contributed by atoms with E-state index in [1.807, 2.05) is 6.92 Å². The van der Waals surface area contributed by atoms with Gasteiger partial charge in [-0.05, 0) is 43.3 Å². The van der Waals surface area contributed by atoms with Crippen LogP contribution in [0.5, 0.6) is 5.75 Å². The van der Waals surface area contributed by atoms with Crippen LogP contribution in [0.3, 0.4) is 0 Å². The van der Waals surface area contributed by atoms with E-state index in [1.54, 1.807) is 66.3 Å². The number of allylic oxidation sites excluding steroid dienone is 1. The van der Waals surface area contributed by atoms with Gasteiger partial charge in [-0.3, -0.25) is 4.79 Å². The van der Waals surface area contributed by atoms with Crippen molar-refractivity contribution in [1.82, 2.24) is 14.8 Å². The van der Waals surface area contributed by atoms with E-state index < -0.39 is 9.84 Å². The first kappa shape index (κ1) is 23.6. The summed E-state index contributed by atoms with van der Waals surface area (Å²) in [5.41, 5.74) is 1.62. The second-order valence-corrected chi connectivity index (χ2v) is 9.87. The molecule has 0 saturated carbocycles. The number of anilines is 1. The molecule has 1 amide bonds. The maximum Gasteiger partial charge on any atom is 0.234 e. The van der Waals surface area contributed by atoms with Gasteiger partial charge < -0.3 is 14.6 Å². The van der Waals surface area contributed by atoms with Gasteiger partial charge >= 0.3 is 0 Å². The maximum atomic E-state index is 12.8. The van der Waals surface area contributed by atoms with Crippen molar-refractivity contribution in [3.05, 3.63) is 72.6 Å². The molecule has 0 fully saturated rings. The number of carbonyl (C=O) groups is 1. The summed E-state index contributed by atoms with van der Waals surface area (Å²) < 4.78 is 32.4. The minimum Gasteiger partial charge on any atom is -0.497 e. The standard InChI is InChI=1S/C22H24N4O4S2/c1-4-13-26-20(15-32(28,29)19-11-5-16(2)6-12-19)24-25-22(26)31-14-21(27)23-17-7-9-18(30-3)10-8-17/h4-12H,1,13-15H2,2-3H3,(H,23,27). The average Bonchev–Trinajstić information content (AvgIpc) is 3.14. The van der Waals surface area contributed by atoms with E-state index in [4.69, 9.17) is 4.74 Å². The third-order valence-corrected chi connectivity index (χ3v) is 7.11. The summed E-state index contributed by atoms with van der Waals surface area (Å²) in [5.74, 6) is 0.565. The highest BCUT2D eigenvalue weighted by Gasteiger charge is 2.21. The van der Waals surface area contributed by atoms with Gasteiger partial charge in [-0.25, -0.2) is 8.42 Å². The second kappa shape index (κ2) is 10.5. The lowest BCUT2D eigenvalue weighted by Crippen LogP contribution is -2.15. The molecule has 2 aromatic carbocycles. The Bertz CT molecular complexity index is 1190. The lowest BCUT2D eigenvalue weighted by atomic mass is 10.2. The summed E-state index contributed by atoms with van der Waals surface area (Å²) in [6.07, 6.45) is 1.63. The number of sulfone groups is 1. The molecule has 1 aromatic heterocycles. The van der Waals surface area contributed by atoms with Gasteiger partial charge in [-0.15, -0.1) is 16.8 Å². The number of thioether (sulfide) groups is 1. The van der Waals surface area contributed by atoms with Crippen molar-refractivity contribution in [1.29, 1.82) is 0 Å². The molecular formula is C22H24N4O4S2. The van der Waals surface area contributed by atoms with E-state index in [1.165, 1.54) is 11.8 Å². The molecule has 0 atom stereocenters. The zero-order valence-corrected chi connectivity index (χ0v) is 19.4. The highest BCUT2D eigenvalue weighted by Crippen LogP contribution is 2.22. The number of hydrogen-bond donors (Lipinski definition) is 1. The van der Waals surface area contributed by atoms with Gasteiger partial charge in [0.1, 0.15) is 17.3 Å². The number of aryl methyl sites for hydroxylation is 1. The van der Waals surface area contributed by atoms with Crippen molar-refractivity contribution in [3.63, 3.8) is 0 Å². The van der Waals surface area contributed by atoms with Crippen molar-refractivity contribution in [3.8, 4) is 5.75 Å². The van der Waals surface area contributed by atoms with Crippen molar-refractivity contribution in [2.45, 2.75) is 29.3 Å². The smallest absolute Gasteiger partial charge is 0.234 e. The summed E-state index contributed by atoms with van der Waals surface area (Å²) in [6, 6.07) is 13.7. The summed E-state index contributed by atoms with van der Waals surface area (Å²) in [5, 5.41) is 11.4. The molecule has 168 valence electrons. The zero-order chi connectivity index (χ0) is 23.1. The molecule has 0 saturated heterocycles. The highest BCUT2D eigenvalue weighted by molar-refractivity contribution is 7.99. The number of carbonyl (C=O) groups excluding carboxylic acids is 1. The van der Waals surface area contributed by atoms with E-state index in [-0.39, 0.29) is 22.3 Å². The van der Waals surface area contributed by atoms with Gasteiger partial charge in [-0.1, -0.05) is 35.5 Å². The number of nitrogens with one attached hydrogen (secondary N) is 1. The predicted octanol–water partition coefficient (Wildman–Crippen LogP) is 3.49. The van der Waals surface area contributed by atoms with E-state index in [2.05, 4.69) is 22.1 Å². The van der Waals surface area contributed by atoms with Crippen molar-refractivity contribution >= 4 is 33.2 Å². The topological polar surface area (TPSA) is 103 Å². The third kappa shape index (κ3) is 5.98. The minimum atomic E-state index is -3.59. The Labute approximate surface area is 191 Å². The monoisotopic (exact) mass is 472 g/mol. The van der Waals surface area contributed by atoms with Gasteiger partial charge in [0.2, 0.25) is 5.91 Å². The van der Waals surface area contributed by atoms with E-state index in [9.17, 15) is 13.2 Å². The number of methoxy groups -OCH3 is 1. The molecule has 1 heterocycles. The molecule has 0 spiro atoms. The number of aromatic nitrogens is 3. The molecule has 8 nitrogen and oxygen atoms in total. The molecular weight excluding hydrogens is 448 g/mol. The van der Waals surface area contributed by atoms with E-state index in [0.29, 0.717) is 29.0 Å². The fourth-order valence-corrected chi connectivity index (χ4v) is 4.88. The van der Waals surface area contributed by atoms with Gasteiger partial charge in [0.05, 0.1) is 17.8 Å². The summed E-state index contributed by atoms with van der Waals surface area (Å²) in [6.45, 7) is 5.94. The Morgan fingerprint density at radius 1 is 1.16 bits per heavy atom. The largest absolute Gasteiger partial charge is 0.497 e. The fourth-order valence-electron chi connectivity index (χ4n) is 2.85. The number of benzene rings is 2. The van der Waals surface area contributed by atoms with Crippen LogP contribution in [-0.2, 0) is 26.9 Å². The highest BCUT2D eigenvalue weighted by atomic mass is 32.2. The van der Waals surface area contributed by atoms with Crippen LogP contribution >= 0.6 is 11.8 Å². The molecule has 3 aromatic rings. The van der Waals surface area contributed by atoms with Gasteiger partial charge in [0, 0.05) is 12.2 Å². The first-order valence-corrected chi connectivity index (χ1v) is 12.4. The Morgan fingerprint density at radius 2 is 1.84 bits per heavy atom. The molecule has 0 bridgehead atoms. The first-order chi connectivity index (χ1) is 15.3. The van der Waals surface area contributed by atoms with Crippen LogP contribution in [0, 0.1) is 6.92 Å². The van der Waals surface area contributed by atoms with E-state index in [0.717, 1.165) is 5.56 Å². The fraction of sp³-hybridized carbons (Fsp3) is 0.227. The third-order valence-electron chi connectivity index (χ3n) is 4.51. The van der Waals surface area contributed by atoms with Crippen LogP contribution in [0.1, 0.15) is 11.4 Å². The van der Waals surface area contributed by atoms with Gasteiger partial charge in [0.25, 0.3) is 0 Å². The Hall–Kier alpha value is -3.11. The first-order valence-electron chi connectivity index (χ1n) is 9.71. The van der Waals surface area contributed by atoms with Crippen LogP contribution in [0.25, 0.3) is 0 Å². The lowest BCUT2D eigenvalue weighted by molar-refractivity contribution is -0.113. The number of amides is 1. The molecule has 0 unspecified atom stereocenters. The molecule has 32 heavy (non-hydrogen) atoms. The molecule has 0 aliphatic rings. The second-order valence-electron chi connectivity index (χ2n) is 6.94. The lowest BCUT2D eigenvalue weighted by Gasteiger charge is -2.09. The number of ether oxygens (including phenoxy) is 1. The minimum absolute atomic E-state index is 0.0893. The number of hydrogen-bond acceptors (Lipinski definition) is 7. The van der Waals surface area contributed by atoms with Gasteiger partial charge in [0.15, 0.2) is 15.0 Å². The molecule has 0 aliphatic carbocycles. The Morgan fingerprint density at radius 3 is 2.47 bits per heavy atom.